The molecule has 0 aromatic heterocycles. The van der Waals surface area contributed by atoms with Crippen LogP contribution in [0.25, 0.3) is 0 Å². The van der Waals surface area contributed by atoms with Crippen molar-refractivity contribution < 1.29 is 9.18 Å². The van der Waals surface area contributed by atoms with E-state index in [1.54, 1.807) is 37.3 Å². The second-order valence-corrected chi connectivity index (χ2v) is 6.03. The predicted octanol–water partition coefficient (Wildman–Crippen LogP) is 4.56. The molecule has 2 rings (SSSR count). The summed E-state index contributed by atoms with van der Waals surface area (Å²) in [6.07, 6.45) is 1.23. The summed E-state index contributed by atoms with van der Waals surface area (Å²) in [5.41, 5.74) is 6.58. The lowest BCUT2D eigenvalue weighted by Gasteiger charge is -2.03. The second kappa shape index (κ2) is 6.78. The van der Waals surface area contributed by atoms with E-state index in [0.717, 1.165) is 10.5 Å². The number of carbonyl (C=O) groups excluding carboxylic acids is 1. The fourth-order valence-electron chi connectivity index (χ4n) is 1.70. The third-order valence-electron chi connectivity index (χ3n) is 2.71. The normalized spacial score (nSPS) is 11.5. The molecular formula is C16H13ClFNOS. The summed E-state index contributed by atoms with van der Waals surface area (Å²) in [7, 11) is 0. The van der Waals surface area contributed by atoms with Gasteiger partial charge in [-0.05, 0) is 48.9 Å². The second-order valence-electron chi connectivity index (χ2n) is 4.45. The van der Waals surface area contributed by atoms with Crippen molar-refractivity contribution in [3.8, 4) is 0 Å². The maximum absolute atomic E-state index is 13.7. The van der Waals surface area contributed by atoms with Crippen LogP contribution in [-0.2, 0) is 0 Å². The molecule has 0 heterocycles. The molecular weight excluding hydrogens is 309 g/mol. The third kappa shape index (κ3) is 4.34. The monoisotopic (exact) mass is 321 g/mol. The summed E-state index contributed by atoms with van der Waals surface area (Å²) in [6, 6.07) is 11.5. The van der Waals surface area contributed by atoms with Gasteiger partial charge in [-0.25, -0.2) is 4.39 Å². The number of thioether (sulfide) groups is 1. The number of carbonyl (C=O) groups is 1. The molecule has 0 radical (unpaired) electrons. The van der Waals surface area contributed by atoms with Crippen molar-refractivity contribution in [2.45, 2.75) is 11.8 Å². The topological polar surface area (TPSA) is 43.1 Å². The maximum Gasteiger partial charge on any atom is 0.191 e. The Balaban J connectivity index is 2.14. The molecule has 0 amide bonds. The number of rotatable bonds is 4. The Labute approximate surface area is 131 Å². The van der Waals surface area contributed by atoms with E-state index in [1.807, 2.05) is 0 Å². The molecule has 0 aliphatic rings. The Morgan fingerprint density at radius 3 is 2.52 bits per heavy atom. The molecule has 0 fully saturated rings. The first kappa shape index (κ1) is 15.6. The zero-order chi connectivity index (χ0) is 15.4. The van der Waals surface area contributed by atoms with Crippen LogP contribution in [0.2, 0.25) is 5.02 Å². The van der Waals surface area contributed by atoms with Crippen LogP contribution >= 0.6 is 23.4 Å². The molecule has 2 N–H and O–H groups in total. The number of halogens is 2. The minimum absolute atomic E-state index is 0.0141. The quantitative estimate of drug-likeness (QED) is 0.510. The van der Waals surface area contributed by atoms with Crippen LogP contribution in [0, 0.1) is 12.7 Å². The SMILES string of the molecule is Cc1ccc(C(=O)/C=C(\N)Sc2ccc(Cl)cc2)c(F)c1. The molecule has 2 nitrogen and oxygen atoms in total. The Kier molecular flexibility index (Phi) is 5.04. The highest BCUT2D eigenvalue weighted by molar-refractivity contribution is 8.03. The van der Waals surface area contributed by atoms with Gasteiger partial charge in [-0.1, -0.05) is 29.4 Å². The van der Waals surface area contributed by atoms with Crippen LogP contribution in [0.3, 0.4) is 0 Å². The first-order valence-corrected chi connectivity index (χ1v) is 7.36. The fourth-order valence-corrected chi connectivity index (χ4v) is 2.53. The number of nitrogens with two attached hydrogens (primary N) is 1. The highest BCUT2D eigenvalue weighted by Crippen LogP contribution is 2.25. The van der Waals surface area contributed by atoms with Gasteiger partial charge in [0, 0.05) is 16.0 Å². The average Bonchev–Trinajstić information content (AvgIpc) is 2.41. The number of allylic oxidation sites excluding steroid dienone is 1. The van der Waals surface area contributed by atoms with Gasteiger partial charge in [0.15, 0.2) is 5.78 Å². The van der Waals surface area contributed by atoms with Gasteiger partial charge >= 0.3 is 0 Å². The molecule has 0 unspecified atom stereocenters. The standard InChI is InChI=1S/C16H13ClFNOS/c1-10-2-7-13(14(18)8-10)15(20)9-16(19)21-12-5-3-11(17)4-6-12/h2-9H,19H2,1H3/b16-9+. The molecule has 0 aliphatic carbocycles. The highest BCUT2D eigenvalue weighted by Gasteiger charge is 2.10. The summed E-state index contributed by atoms with van der Waals surface area (Å²) >= 11 is 7.01. The van der Waals surface area contributed by atoms with Crippen LogP contribution in [0.4, 0.5) is 4.39 Å². The smallest absolute Gasteiger partial charge is 0.191 e. The van der Waals surface area contributed by atoms with Crippen LogP contribution in [-0.4, -0.2) is 5.78 Å². The number of aryl methyl sites for hydroxylation is 1. The fraction of sp³-hybridized carbons (Fsp3) is 0.0625. The maximum atomic E-state index is 13.7. The van der Waals surface area contributed by atoms with Crippen molar-refractivity contribution in [3.05, 3.63) is 75.5 Å². The molecule has 0 spiro atoms. The Morgan fingerprint density at radius 1 is 1.24 bits per heavy atom. The van der Waals surface area contributed by atoms with Crippen molar-refractivity contribution >= 4 is 29.1 Å². The van der Waals surface area contributed by atoms with Gasteiger partial charge in [-0.15, -0.1) is 0 Å². The molecule has 0 saturated carbocycles. The Hall–Kier alpha value is -1.78. The number of hydrogen-bond donors (Lipinski definition) is 1. The van der Waals surface area contributed by atoms with Crippen molar-refractivity contribution in [2.75, 3.05) is 0 Å². The van der Waals surface area contributed by atoms with E-state index in [9.17, 15) is 9.18 Å². The lowest BCUT2D eigenvalue weighted by molar-refractivity contribution is 0.104. The molecule has 0 atom stereocenters. The van der Waals surface area contributed by atoms with Gasteiger partial charge in [0.25, 0.3) is 0 Å². The van der Waals surface area contributed by atoms with Gasteiger partial charge < -0.3 is 5.73 Å². The predicted molar refractivity (Wildman–Crippen MR) is 85.0 cm³/mol. The summed E-state index contributed by atoms with van der Waals surface area (Å²) in [5, 5.41) is 0.919. The minimum atomic E-state index is -0.541. The molecule has 2 aromatic rings. The highest BCUT2D eigenvalue weighted by atomic mass is 35.5. The van der Waals surface area contributed by atoms with E-state index in [0.29, 0.717) is 10.1 Å². The van der Waals surface area contributed by atoms with E-state index < -0.39 is 11.6 Å². The molecule has 21 heavy (non-hydrogen) atoms. The van der Waals surface area contributed by atoms with Crippen LogP contribution < -0.4 is 5.73 Å². The van der Waals surface area contributed by atoms with Gasteiger partial charge in [-0.2, -0.15) is 0 Å². The summed E-state index contributed by atoms with van der Waals surface area (Å²) in [5.74, 6) is -0.994. The van der Waals surface area contributed by atoms with Gasteiger partial charge in [0.05, 0.1) is 10.6 Å². The first-order valence-electron chi connectivity index (χ1n) is 6.17. The average molecular weight is 322 g/mol. The molecule has 5 heteroatoms. The van der Waals surface area contributed by atoms with Crippen molar-refractivity contribution in [1.82, 2.24) is 0 Å². The third-order valence-corrected chi connectivity index (χ3v) is 3.83. The molecule has 0 bridgehead atoms. The van der Waals surface area contributed by atoms with Crippen LogP contribution in [0.15, 0.2) is 58.5 Å². The number of hydrogen-bond acceptors (Lipinski definition) is 3. The van der Waals surface area contributed by atoms with E-state index in [2.05, 4.69) is 0 Å². The zero-order valence-corrected chi connectivity index (χ0v) is 12.8. The largest absolute Gasteiger partial charge is 0.393 e. The number of ketones is 1. The summed E-state index contributed by atoms with van der Waals surface area (Å²) in [4.78, 5) is 12.9. The Bertz CT molecular complexity index is 698. The van der Waals surface area contributed by atoms with Crippen LogP contribution in [0.1, 0.15) is 15.9 Å². The van der Waals surface area contributed by atoms with E-state index in [-0.39, 0.29) is 5.56 Å². The molecule has 0 saturated heterocycles. The minimum Gasteiger partial charge on any atom is -0.393 e. The number of benzene rings is 2. The van der Waals surface area contributed by atoms with Gasteiger partial charge in [-0.3, -0.25) is 4.79 Å². The van der Waals surface area contributed by atoms with Crippen molar-refractivity contribution in [2.24, 2.45) is 5.73 Å². The van der Waals surface area contributed by atoms with E-state index >= 15 is 0 Å². The van der Waals surface area contributed by atoms with E-state index in [4.69, 9.17) is 17.3 Å². The van der Waals surface area contributed by atoms with Gasteiger partial charge in [0.2, 0.25) is 0 Å². The van der Waals surface area contributed by atoms with E-state index in [1.165, 1.54) is 30.0 Å². The zero-order valence-electron chi connectivity index (χ0n) is 11.3. The molecule has 108 valence electrons. The lowest BCUT2D eigenvalue weighted by atomic mass is 10.1. The summed E-state index contributed by atoms with van der Waals surface area (Å²) in [6.45, 7) is 1.76. The van der Waals surface area contributed by atoms with Crippen molar-refractivity contribution in [3.63, 3.8) is 0 Å². The summed E-state index contributed by atoms with van der Waals surface area (Å²) < 4.78 is 13.7. The lowest BCUT2D eigenvalue weighted by Crippen LogP contribution is -2.03. The Morgan fingerprint density at radius 2 is 1.90 bits per heavy atom. The molecule has 0 aliphatic heterocycles. The van der Waals surface area contributed by atoms with Crippen LogP contribution in [0.5, 0.6) is 0 Å². The van der Waals surface area contributed by atoms with Gasteiger partial charge in [0.1, 0.15) is 5.82 Å². The van der Waals surface area contributed by atoms with Crippen molar-refractivity contribution in [1.29, 1.82) is 0 Å². The molecule has 2 aromatic carbocycles. The first-order chi connectivity index (χ1) is 9.95.